The molecule has 3 atom stereocenters. The minimum Gasteiger partial charge on any atom is -0.497 e. The number of carbonyl (C=O) groups is 1. The highest BCUT2D eigenvalue weighted by Gasteiger charge is 2.40. The van der Waals surface area contributed by atoms with Crippen LogP contribution in [0.5, 0.6) is 5.75 Å². The summed E-state index contributed by atoms with van der Waals surface area (Å²) in [6.45, 7) is 0. The molecule has 1 aliphatic carbocycles. The number of allylic oxidation sites excluding steroid dienone is 2. The number of carboxylic acid groups (broad SMARTS) is 1. The minimum atomic E-state index is -0.920. The van der Waals surface area contributed by atoms with E-state index in [2.05, 4.69) is 17.5 Å². The number of carboxylic acids is 1. The first-order valence-corrected chi connectivity index (χ1v) is 8.60. The molecule has 0 saturated carbocycles. The van der Waals surface area contributed by atoms with Crippen LogP contribution in [-0.4, -0.2) is 18.2 Å². The molecule has 2 aliphatic rings. The Hall–Kier alpha value is -2.46. The molecule has 1 heterocycles. The SMILES string of the molecule is COc1ccc([C@@H]2Nc3c(Cl)ccc(C(=O)O)c3[C@@H]3C=CC[C@H]32)cc1. The van der Waals surface area contributed by atoms with Gasteiger partial charge in [0.1, 0.15) is 5.75 Å². The Bertz CT molecular complexity index is 860. The summed E-state index contributed by atoms with van der Waals surface area (Å²) < 4.78 is 5.24. The molecule has 0 fully saturated rings. The Morgan fingerprint density at radius 3 is 2.68 bits per heavy atom. The summed E-state index contributed by atoms with van der Waals surface area (Å²) >= 11 is 6.41. The fourth-order valence-electron chi connectivity index (χ4n) is 4.00. The third kappa shape index (κ3) is 2.57. The first-order chi connectivity index (χ1) is 12.1. The fourth-order valence-corrected chi connectivity index (χ4v) is 4.22. The van der Waals surface area contributed by atoms with Gasteiger partial charge < -0.3 is 15.2 Å². The molecular weight excluding hydrogens is 338 g/mol. The molecule has 0 radical (unpaired) electrons. The van der Waals surface area contributed by atoms with E-state index < -0.39 is 5.97 Å². The number of benzene rings is 2. The molecule has 2 aromatic carbocycles. The van der Waals surface area contributed by atoms with Crippen LogP contribution in [0, 0.1) is 5.92 Å². The third-order valence-corrected chi connectivity index (χ3v) is 5.49. The number of ether oxygens (including phenoxy) is 1. The molecule has 4 nitrogen and oxygen atoms in total. The zero-order chi connectivity index (χ0) is 17.6. The highest BCUT2D eigenvalue weighted by Crippen LogP contribution is 2.52. The number of methoxy groups -OCH3 is 1. The van der Waals surface area contributed by atoms with Crippen molar-refractivity contribution in [3.8, 4) is 5.75 Å². The Labute approximate surface area is 151 Å². The van der Waals surface area contributed by atoms with Gasteiger partial charge in [-0.05, 0) is 47.7 Å². The van der Waals surface area contributed by atoms with Gasteiger partial charge in [-0.3, -0.25) is 0 Å². The normalized spacial score (nSPS) is 23.5. The van der Waals surface area contributed by atoms with E-state index in [1.807, 2.05) is 24.3 Å². The molecule has 128 valence electrons. The maximum atomic E-state index is 11.7. The number of rotatable bonds is 3. The van der Waals surface area contributed by atoms with Gasteiger partial charge in [0, 0.05) is 5.92 Å². The van der Waals surface area contributed by atoms with Gasteiger partial charge in [-0.1, -0.05) is 35.9 Å². The zero-order valence-electron chi connectivity index (χ0n) is 13.7. The van der Waals surface area contributed by atoms with Gasteiger partial charge in [0.25, 0.3) is 0 Å². The minimum absolute atomic E-state index is 0.0492. The Kier molecular flexibility index (Phi) is 3.92. The first kappa shape index (κ1) is 16.0. The van der Waals surface area contributed by atoms with E-state index >= 15 is 0 Å². The van der Waals surface area contributed by atoms with E-state index in [0.29, 0.717) is 10.6 Å². The summed E-state index contributed by atoms with van der Waals surface area (Å²) in [5.41, 5.74) is 2.99. The lowest BCUT2D eigenvalue weighted by Gasteiger charge is -2.38. The standard InChI is InChI=1S/C20H18ClNO3/c1-25-12-7-5-11(6-8-12)18-14-4-2-3-13(14)17-15(20(23)24)9-10-16(21)19(17)22-18/h2-3,5-10,13-14,18,22H,4H2,1H3,(H,23,24)/t13-,14-,18+/m1/s1. The number of hydrogen-bond donors (Lipinski definition) is 2. The smallest absolute Gasteiger partial charge is 0.336 e. The lowest BCUT2D eigenvalue weighted by molar-refractivity contribution is 0.0695. The van der Waals surface area contributed by atoms with Crippen LogP contribution in [0.3, 0.4) is 0 Å². The summed E-state index contributed by atoms with van der Waals surface area (Å²) in [5, 5.41) is 13.6. The highest BCUT2D eigenvalue weighted by atomic mass is 35.5. The van der Waals surface area contributed by atoms with Crippen LogP contribution in [0.4, 0.5) is 5.69 Å². The van der Waals surface area contributed by atoms with Crippen molar-refractivity contribution in [2.24, 2.45) is 5.92 Å². The summed E-state index contributed by atoms with van der Waals surface area (Å²) in [7, 11) is 1.65. The molecule has 0 spiro atoms. The van der Waals surface area contributed by atoms with Crippen molar-refractivity contribution >= 4 is 23.3 Å². The number of fused-ring (bicyclic) bond motifs is 3. The number of anilines is 1. The molecule has 0 amide bonds. The Morgan fingerprint density at radius 1 is 1.24 bits per heavy atom. The number of hydrogen-bond acceptors (Lipinski definition) is 3. The average molecular weight is 356 g/mol. The van der Waals surface area contributed by atoms with Gasteiger partial charge in [0.15, 0.2) is 0 Å². The molecule has 5 heteroatoms. The lowest BCUT2D eigenvalue weighted by atomic mass is 9.75. The monoisotopic (exact) mass is 355 g/mol. The quantitative estimate of drug-likeness (QED) is 0.771. The molecule has 0 saturated heterocycles. The largest absolute Gasteiger partial charge is 0.497 e. The zero-order valence-corrected chi connectivity index (χ0v) is 14.5. The second kappa shape index (κ2) is 6.12. The van der Waals surface area contributed by atoms with Gasteiger partial charge in [0.2, 0.25) is 0 Å². The van der Waals surface area contributed by atoms with Crippen molar-refractivity contribution in [3.63, 3.8) is 0 Å². The van der Waals surface area contributed by atoms with Crippen LogP contribution in [-0.2, 0) is 0 Å². The maximum Gasteiger partial charge on any atom is 0.336 e. The van der Waals surface area contributed by atoms with Gasteiger partial charge in [-0.2, -0.15) is 0 Å². The van der Waals surface area contributed by atoms with Gasteiger partial charge in [-0.25, -0.2) is 4.79 Å². The summed E-state index contributed by atoms with van der Waals surface area (Å²) in [4.78, 5) is 11.7. The summed E-state index contributed by atoms with van der Waals surface area (Å²) in [5.74, 6) is 0.203. The van der Waals surface area contributed by atoms with E-state index in [1.54, 1.807) is 19.2 Å². The third-order valence-electron chi connectivity index (χ3n) is 5.17. The first-order valence-electron chi connectivity index (χ1n) is 8.23. The van der Waals surface area contributed by atoms with E-state index in [0.717, 1.165) is 29.0 Å². The van der Waals surface area contributed by atoms with E-state index in [4.69, 9.17) is 16.3 Å². The Balaban J connectivity index is 1.82. The summed E-state index contributed by atoms with van der Waals surface area (Å²) in [6, 6.07) is 11.3. The molecule has 0 unspecified atom stereocenters. The number of aromatic carboxylic acids is 1. The van der Waals surface area contributed by atoms with Crippen molar-refractivity contribution in [2.75, 3.05) is 12.4 Å². The number of halogens is 1. The van der Waals surface area contributed by atoms with Crippen molar-refractivity contribution in [3.05, 3.63) is 70.3 Å². The molecule has 1 aliphatic heterocycles. The lowest BCUT2D eigenvalue weighted by Crippen LogP contribution is -2.30. The molecule has 25 heavy (non-hydrogen) atoms. The van der Waals surface area contributed by atoms with E-state index in [-0.39, 0.29) is 17.9 Å². The van der Waals surface area contributed by atoms with Crippen molar-refractivity contribution in [2.45, 2.75) is 18.4 Å². The van der Waals surface area contributed by atoms with Gasteiger partial charge in [0.05, 0.1) is 29.4 Å². The molecule has 0 aromatic heterocycles. The van der Waals surface area contributed by atoms with Gasteiger partial charge in [-0.15, -0.1) is 0 Å². The predicted octanol–water partition coefficient (Wildman–Crippen LogP) is 4.87. The molecule has 2 N–H and O–H groups in total. The molecule has 0 bridgehead atoms. The van der Waals surface area contributed by atoms with Crippen LogP contribution in [0.1, 0.15) is 39.9 Å². The van der Waals surface area contributed by atoms with Crippen LogP contribution < -0.4 is 10.1 Å². The topological polar surface area (TPSA) is 58.6 Å². The van der Waals surface area contributed by atoms with Crippen molar-refractivity contribution < 1.29 is 14.6 Å². The van der Waals surface area contributed by atoms with Gasteiger partial charge >= 0.3 is 5.97 Å². The van der Waals surface area contributed by atoms with Crippen LogP contribution in [0.2, 0.25) is 5.02 Å². The molecule has 2 aromatic rings. The Morgan fingerprint density at radius 2 is 2.00 bits per heavy atom. The van der Waals surface area contributed by atoms with Crippen molar-refractivity contribution in [1.29, 1.82) is 0 Å². The maximum absolute atomic E-state index is 11.7. The predicted molar refractivity (Wildman–Crippen MR) is 97.8 cm³/mol. The number of nitrogens with one attached hydrogen (secondary N) is 1. The van der Waals surface area contributed by atoms with Crippen molar-refractivity contribution in [1.82, 2.24) is 0 Å². The average Bonchev–Trinajstić information content (AvgIpc) is 3.11. The molecule has 4 rings (SSSR count). The van der Waals surface area contributed by atoms with E-state index in [9.17, 15) is 9.90 Å². The highest BCUT2D eigenvalue weighted by molar-refractivity contribution is 6.33. The second-order valence-electron chi connectivity index (χ2n) is 6.44. The van der Waals surface area contributed by atoms with Crippen LogP contribution >= 0.6 is 11.6 Å². The molecular formula is C20H18ClNO3. The fraction of sp³-hybridized carbons (Fsp3) is 0.250. The van der Waals surface area contributed by atoms with Crippen LogP contribution in [0.25, 0.3) is 0 Å². The summed E-state index contributed by atoms with van der Waals surface area (Å²) in [6.07, 6.45) is 5.15. The van der Waals surface area contributed by atoms with E-state index in [1.165, 1.54) is 0 Å². The van der Waals surface area contributed by atoms with Crippen LogP contribution in [0.15, 0.2) is 48.6 Å². The second-order valence-corrected chi connectivity index (χ2v) is 6.84.